The van der Waals surface area contributed by atoms with E-state index in [-0.39, 0.29) is 18.3 Å². The number of piperidine rings is 1. The summed E-state index contributed by atoms with van der Waals surface area (Å²) in [6.07, 6.45) is 2.11. The quantitative estimate of drug-likeness (QED) is 0.624. The molecule has 4 heterocycles. The van der Waals surface area contributed by atoms with Gasteiger partial charge in [0.25, 0.3) is 5.91 Å². The molecule has 1 aromatic carbocycles. The standard InChI is InChI=1S/C26H32N4O2.ClH/c1-4-30-18(3)17(2)22-14-23(26(32)29-12-7-10-21(31)16-29)27-25(24(22)30)28-13-11-19-8-5-6-9-20(19)15-28;/h5-6,8-9,14,21,31H,4,7,10-13,15-16H2,1-3H3;1H. The fourth-order valence-corrected chi connectivity index (χ4v) is 5.34. The smallest absolute Gasteiger partial charge is 0.272 e. The van der Waals surface area contributed by atoms with Gasteiger partial charge in [0.2, 0.25) is 0 Å². The Hall–Kier alpha value is -2.57. The largest absolute Gasteiger partial charge is 0.391 e. The van der Waals surface area contributed by atoms with E-state index < -0.39 is 6.10 Å². The second kappa shape index (κ2) is 9.35. The van der Waals surface area contributed by atoms with Crippen LogP contribution >= 0.6 is 12.4 Å². The SMILES string of the molecule is CCn1c(C)c(C)c2cc(C(=O)N3CCCC(O)C3)nc(N3CCc4ccccc4C3)c21.Cl. The van der Waals surface area contributed by atoms with Crippen LogP contribution in [-0.4, -0.2) is 51.2 Å². The van der Waals surface area contributed by atoms with Gasteiger partial charge in [-0.25, -0.2) is 4.98 Å². The highest BCUT2D eigenvalue weighted by molar-refractivity contribution is 6.01. The molecule has 0 radical (unpaired) electrons. The summed E-state index contributed by atoms with van der Waals surface area (Å²) in [6.45, 7) is 10.1. The molecule has 1 saturated heterocycles. The van der Waals surface area contributed by atoms with Crippen molar-refractivity contribution in [2.45, 2.75) is 59.2 Å². The second-order valence-corrected chi connectivity index (χ2v) is 9.17. The van der Waals surface area contributed by atoms with E-state index in [1.807, 2.05) is 6.07 Å². The van der Waals surface area contributed by atoms with Crippen molar-refractivity contribution in [1.82, 2.24) is 14.5 Å². The number of aromatic nitrogens is 2. The number of hydrogen-bond donors (Lipinski definition) is 1. The third-order valence-corrected chi connectivity index (χ3v) is 7.25. The van der Waals surface area contributed by atoms with Gasteiger partial charge in [0, 0.05) is 43.8 Å². The first-order chi connectivity index (χ1) is 15.5. The van der Waals surface area contributed by atoms with Crippen LogP contribution in [0.3, 0.4) is 0 Å². The number of carbonyl (C=O) groups is 1. The number of carbonyl (C=O) groups excluding carboxylic acids is 1. The van der Waals surface area contributed by atoms with Gasteiger partial charge in [0.15, 0.2) is 5.82 Å². The number of aliphatic hydroxyl groups excluding tert-OH is 1. The van der Waals surface area contributed by atoms with Crippen molar-refractivity contribution >= 4 is 35.0 Å². The summed E-state index contributed by atoms with van der Waals surface area (Å²) in [5, 5.41) is 11.2. The number of fused-ring (bicyclic) bond motifs is 2. The Bertz CT molecular complexity index is 1190. The molecule has 0 bridgehead atoms. The zero-order chi connectivity index (χ0) is 22.4. The average molecular weight is 469 g/mol. The predicted octanol–water partition coefficient (Wildman–Crippen LogP) is 4.25. The molecular weight excluding hydrogens is 436 g/mol. The number of amides is 1. The van der Waals surface area contributed by atoms with E-state index in [9.17, 15) is 9.90 Å². The average Bonchev–Trinajstić information content (AvgIpc) is 3.07. The van der Waals surface area contributed by atoms with Crippen LogP contribution in [0.1, 0.15) is 52.6 Å². The number of aliphatic hydroxyl groups is 1. The number of β-amino-alcohol motifs (C(OH)–C–C–N with tert-alkyl or cyclic N) is 1. The van der Waals surface area contributed by atoms with Crippen molar-refractivity contribution in [3.63, 3.8) is 0 Å². The zero-order valence-corrected chi connectivity index (χ0v) is 20.5. The van der Waals surface area contributed by atoms with Crippen LogP contribution in [0, 0.1) is 13.8 Å². The fraction of sp³-hybridized carbons (Fsp3) is 0.462. The Labute approximate surface area is 201 Å². The van der Waals surface area contributed by atoms with Crippen molar-refractivity contribution in [1.29, 1.82) is 0 Å². The molecule has 1 N–H and O–H groups in total. The topological polar surface area (TPSA) is 61.6 Å². The molecule has 2 aliphatic heterocycles. The lowest BCUT2D eigenvalue weighted by molar-refractivity contribution is 0.0469. The van der Waals surface area contributed by atoms with Crippen LogP contribution in [0.25, 0.3) is 10.9 Å². The predicted molar refractivity (Wildman–Crippen MR) is 134 cm³/mol. The highest BCUT2D eigenvalue weighted by Gasteiger charge is 2.28. The van der Waals surface area contributed by atoms with Crippen LogP contribution in [0.5, 0.6) is 0 Å². The minimum Gasteiger partial charge on any atom is -0.391 e. The van der Waals surface area contributed by atoms with Gasteiger partial charge in [0.1, 0.15) is 5.69 Å². The van der Waals surface area contributed by atoms with Gasteiger partial charge in [-0.2, -0.15) is 0 Å². The highest BCUT2D eigenvalue weighted by atomic mass is 35.5. The lowest BCUT2D eigenvalue weighted by Gasteiger charge is -2.32. The number of nitrogens with zero attached hydrogens (tertiary/aromatic N) is 4. The van der Waals surface area contributed by atoms with Crippen LogP contribution in [0.15, 0.2) is 30.3 Å². The van der Waals surface area contributed by atoms with Gasteiger partial charge < -0.3 is 19.5 Å². The Morgan fingerprint density at radius 2 is 1.94 bits per heavy atom. The maximum atomic E-state index is 13.4. The number of pyridine rings is 1. The van der Waals surface area contributed by atoms with E-state index in [4.69, 9.17) is 4.98 Å². The molecule has 1 atom stereocenters. The minimum atomic E-state index is -0.445. The molecule has 2 aromatic heterocycles. The van der Waals surface area contributed by atoms with Crippen molar-refractivity contribution in [3.05, 3.63) is 58.4 Å². The Morgan fingerprint density at radius 3 is 2.67 bits per heavy atom. The molecule has 0 aliphatic carbocycles. The minimum absolute atomic E-state index is 0. The van der Waals surface area contributed by atoms with Crippen molar-refractivity contribution in [3.8, 4) is 0 Å². The summed E-state index contributed by atoms with van der Waals surface area (Å²) < 4.78 is 2.33. The molecule has 1 amide bonds. The second-order valence-electron chi connectivity index (χ2n) is 9.17. The lowest BCUT2D eigenvalue weighted by Crippen LogP contribution is -2.42. The summed E-state index contributed by atoms with van der Waals surface area (Å²) in [7, 11) is 0. The molecule has 33 heavy (non-hydrogen) atoms. The fourth-order valence-electron chi connectivity index (χ4n) is 5.34. The van der Waals surface area contributed by atoms with E-state index in [1.165, 1.54) is 22.4 Å². The maximum Gasteiger partial charge on any atom is 0.272 e. The molecule has 3 aromatic rings. The molecular formula is C26H33ClN4O2. The Balaban J connectivity index is 0.00000259. The van der Waals surface area contributed by atoms with Gasteiger partial charge in [-0.1, -0.05) is 24.3 Å². The van der Waals surface area contributed by atoms with E-state index in [2.05, 4.69) is 54.5 Å². The first kappa shape index (κ1) is 23.6. The summed E-state index contributed by atoms with van der Waals surface area (Å²) in [5.41, 5.74) is 6.76. The molecule has 2 aliphatic rings. The lowest BCUT2D eigenvalue weighted by atomic mass is 9.99. The van der Waals surface area contributed by atoms with Crippen molar-refractivity contribution in [2.24, 2.45) is 0 Å². The Morgan fingerprint density at radius 1 is 1.18 bits per heavy atom. The molecule has 1 fully saturated rings. The zero-order valence-electron chi connectivity index (χ0n) is 19.7. The van der Waals surface area contributed by atoms with Gasteiger partial charge in [-0.05, 0) is 62.8 Å². The van der Waals surface area contributed by atoms with E-state index in [0.717, 1.165) is 55.6 Å². The van der Waals surface area contributed by atoms with Gasteiger partial charge in [0.05, 0.1) is 11.6 Å². The summed E-state index contributed by atoms with van der Waals surface area (Å²) in [4.78, 5) is 22.5. The van der Waals surface area contributed by atoms with Crippen LogP contribution < -0.4 is 4.90 Å². The summed E-state index contributed by atoms with van der Waals surface area (Å²) >= 11 is 0. The number of likely N-dealkylation sites (tertiary alicyclic amines) is 1. The number of hydrogen-bond acceptors (Lipinski definition) is 4. The van der Waals surface area contributed by atoms with Crippen LogP contribution in [-0.2, 0) is 19.5 Å². The number of aryl methyl sites for hydroxylation is 2. The third-order valence-electron chi connectivity index (χ3n) is 7.25. The van der Waals surface area contributed by atoms with Gasteiger partial charge in [-0.3, -0.25) is 4.79 Å². The number of rotatable bonds is 3. The first-order valence-electron chi connectivity index (χ1n) is 11.8. The number of benzene rings is 1. The normalized spacial score (nSPS) is 18.2. The van der Waals surface area contributed by atoms with Gasteiger partial charge in [-0.15, -0.1) is 12.4 Å². The Kier molecular flexibility index (Phi) is 6.68. The summed E-state index contributed by atoms with van der Waals surface area (Å²) in [6, 6.07) is 10.6. The molecule has 6 nitrogen and oxygen atoms in total. The molecule has 1 unspecified atom stereocenters. The maximum absolute atomic E-state index is 13.4. The molecule has 7 heteroatoms. The molecule has 0 spiro atoms. The monoisotopic (exact) mass is 468 g/mol. The number of halogens is 1. The van der Waals surface area contributed by atoms with Crippen LogP contribution in [0.4, 0.5) is 5.82 Å². The number of anilines is 1. The van der Waals surface area contributed by atoms with Gasteiger partial charge >= 0.3 is 0 Å². The third kappa shape index (κ3) is 4.11. The van der Waals surface area contributed by atoms with E-state index in [1.54, 1.807) is 4.90 Å². The van der Waals surface area contributed by atoms with Crippen molar-refractivity contribution < 1.29 is 9.90 Å². The summed E-state index contributed by atoms with van der Waals surface area (Å²) in [5.74, 6) is 0.821. The molecule has 5 rings (SSSR count). The molecule has 176 valence electrons. The highest BCUT2D eigenvalue weighted by Crippen LogP contribution is 2.35. The molecule has 0 saturated carbocycles. The van der Waals surface area contributed by atoms with Crippen LogP contribution in [0.2, 0.25) is 0 Å². The van der Waals surface area contributed by atoms with E-state index in [0.29, 0.717) is 18.8 Å². The first-order valence-corrected chi connectivity index (χ1v) is 11.8. The van der Waals surface area contributed by atoms with Crippen molar-refractivity contribution in [2.75, 3.05) is 24.5 Å². The van der Waals surface area contributed by atoms with E-state index >= 15 is 0 Å².